The standard InChI is InChI=1S/C17H25N3O4.ClH/c1-18-7-4-5-16(21)19-15-6-8-20(17(15)22)12-9-13(23-2)11-14(10-12)24-3;/h9-11,15,18H,4-8H2,1-3H3,(H,19,21);1H. The highest BCUT2D eigenvalue weighted by atomic mass is 35.5. The molecule has 1 fully saturated rings. The first kappa shape index (κ1) is 21.1. The fourth-order valence-corrected chi connectivity index (χ4v) is 2.71. The Kier molecular flexibility index (Phi) is 8.51. The molecule has 1 aromatic carbocycles. The van der Waals surface area contributed by atoms with Crippen molar-refractivity contribution in [3.8, 4) is 11.5 Å². The minimum Gasteiger partial charge on any atom is -0.497 e. The van der Waals surface area contributed by atoms with Gasteiger partial charge < -0.3 is 25.0 Å². The van der Waals surface area contributed by atoms with Crippen LogP contribution in [0.15, 0.2) is 18.2 Å². The summed E-state index contributed by atoms with van der Waals surface area (Å²) in [5.41, 5.74) is 0.711. The van der Waals surface area contributed by atoms with Crippen molar-refractivity contribution in [3.05, 3.63) is 18.2 Å². The van der Waals surface area contributed by atoms with Crippen LogP contribution in [0.1, 0.15) is 19.3 Å². The second-order valence-corrected chi connectivity index (χ2v) is 5.68. The molecule has 1 aromatic rings. The van der Waals surface area contributed by atoms with E-state index in [1.54, 1.807) is 37.3 Å². The molecule has 1 aliphatic heterocycles. The van der Waals surface area contributed by atoms with Crippen molar-refractivity contribution in [1.29, 1.82) is 0 Å². The van der Waals surface area contributed by atoms with E-state index in [0.717, 1.165) is 13.0 Å². The number of halogens is 1. The monoisotopic (exact) mass is 371 g/mol. The Morgan fingerprint density at radius 3 is 2.44 bits per heavy atom. The summed E-state index contributed by atoms with van der Waals surface area (Å²) in [6.07, 6.45) is 1.76. The molecule has 25 heavy (non-hydrogen) atoms. The SMILES string of the molecule is CNCCCC(=O)NC1CCN(c2cc(OC)cc(OC)c2)C1=O.Cl. The molecular weight excluding hydrogens is 346 g/mol. The van der Waals surface area contributed by atoms with Crippen molar-refractivity contribution < 1.29 is 19.1 Å². The zero-order valence-electron chi connectivity index (χ0n) is 14.8. The molecule has 2 N–H and O–H groups in total. The van der Waals surface area contributed by atoms with Crippen molar-refractivity contribution in [2.75, 3.05) is 39.3 Å². The maximum atomic E-state index is 12.6. The Morgan fingerprint density at radius 1 is 1.24 bits per heavy atom. The van der Waals surface area contributed by atoms with Crippen molar-refractivity contribution in [1.82, 2.24) is 10.6 Å². The molecule has 0 aromatic heterocycles. The molecule has 1 atom stereocenters. The first-order chi connectivity index (χ1) is 11.6. The van der Waals surface area contributed by atoms with Gasteiger partial charge in [0, 0.05) is 31.2 Å². The summed E-state index contributed by atoms with van der Waals surface area (Å²) in [6, 6.07) is 4.87. The molecule has 1 unspecified atom stereocenters. The number of anilines is 1. The molecule has 7 nitrogen and oxygen atoms in total. The highest BCUT2D eigenvalue weighted by molar-refractivity contribution is 6.01. The molecule has 1 heterocycles. The van der Waals surface area contributed by atoms with E-state index in [1.165, 1.54) is 0 Å². The van der Waals surface area contributed by atoms with Crippen LogP contribution in [0, 0.1) is 0 Å². The third-order valence-electron chi connectivity index (χ3n) is 4.02. The molecular formula is C17H26ClN3O4. The third-order valence-corrected chi connectivity index (χ3v) is 4.02. The van der Waals surface area contributed by atoms with Crippen LogP contribution in [-0.2, 0) is 9.59 Å². The number of nitrogens with one attached hydrogen (secondary N) is 2. The Bertz CT molecular complexity index is 575. The average Bonchev–Trinajstić information content (AvgIpc) is 2.95. The van der Waals surface area contributed by atoms with Gasteiger partial charge in [-0.3, -0.25) is 9.59 Å². The second-order valence-electron chi connectivity index (χ2n) is 5.68. The predicted molar refractivity (Wildman–Crippen MR) is 98.9 cm³/mol. The van der Waals surface area contributed by atoms with Crippen LogP contribution >= 0.6 is 12.4 Å². The normalized spacial score (nSPS) is 16.4. The smallest absolute Gasteiger partial charge is 0.249 e. The van der Waals surface area contributed by atoms with E-state index in [0.29, 0.717) is 36.6 Å². The summed E-state index contributed by atoms with van der Waals surface area (Å²) < 4.78 is 10.5. The van der Waals surface area contributed by atoms with Crippen molar-refractivity contribution in [2.45, 2.75) is 25.3 Å². The maximum absolute atomic E-state index is 12.6. The van der Waals surface area contributed by atoms with E-state index >= 15 is 0 Å². The summed E-state index contributed by atoms with van der Waals surface area (Å²) in [6.45, 7) is 1.33. The molecule has 2 amide bonds. The molecule has 0 spiro atoms. The Morgan fingerprint density at radius 2 is 1.88 bits per heavy atom. The number of benzene rings is 1. The molecule has 140 valence electrons. The topological polar surface area (TPSA) is 79.9 Å². The van der Waals surface area contributed by atoms with Gasteiger partial charge in [-0.05, 0) is 26.4 Å². The van der Waals surface area contributed by atoms with Crippen LogP contribution in [0.3, 0.4) is 0 Å². The number of amides is 2. The zero-order chi connectivity index (χ0) is 17.5. The van der Waals surface area contributed by atoms with Crippen molar-refractivity contribution in [3.63, 3.8) is 0 Å². The fraction of sp³-hybridized carbons (Fsp3) is 0.529. The number of carbonyl (C=O) groups excluding carboxylic acids is 2. The number of hydrogen-bond acceptors (Lipinski definition) is 5. The zero-order valence-corrected chi connectivity index (χ0v) is 15.6. The van der Waals surface area contributed by atoms with Gasteiger partial charge >= 0.3 is 0 Å². The molecule has 8 heteroatoms. The molecule has 1 aliphatic rings. The lowest BCUT2D eigenvalue weighted by molar-refractivity contribution is -0.126. The van der Waals surface area contributed by atoms with E-state index in [4.69, 9.17) is 9.47 Å². The summed E-state index contributed by atoms with van der Waals surface area (Å²) in [4.78, 5) is 26.2. The highest BCUT2D eigenvalue weighted by Gasteiger charge is 2.33. The number of methoxy groups -OCH3 is 2. The van der Waals surface area contributed by atoms with Crippen LogP contribution in [0.2, 0.25) is 0 Å². The molecule has 0 radical (unpaired) electrons. The number of hydrogen-bond donors (Lipinski definition) is 2. The average molecular weight is 372 g/mol. The second kappa shape index (κ2) is 10.1. The highest BCUT2D eigenvalue weighted by Crippen LogP contribution is 2.30. The summed E-state index contributed by atoms with van der Waals surface area (Å²) in [5.74, 6) is 1.05. The molecule has 0 saturated carbocycles. The third kappa shape index (κ3) is 5.51. The minimum atomic E-state index is -0.468. The van der Waals surface area contributed by atoms with Gasteiger partial charge in [-0.15, -0.1) is 12.4 Å². The number of ether oxygens (including phenoxy) is 2. The van der Waals surface area contributed by atoms with E-state index in [9.17, 15) is 9.59 Å². The van der Waals surface area contributed by atoms with Gasteiger partial charge in [0.2, 0.25) is 11.8 Å². The lowest BCUT2D eigenvalue weighted by Gasteiger charge is -2.19. The lowest BCUT2D eigenvalue weighted by atomic mass is 10.2. The van der Waals surface area contributed by atoms with Gasteiger partial charge in [-0.25, -0.2) is 0 Å². The van der Waals surface area contributed by atoms with Crippen LogP contribution < -0.4 is 25.0 Å². The van der Waals surface area contributed by atoms with Crippen LogP contribution in [0.25, 0.3) is 0 Å². The largest absolute Gasteiger partial charge is 0.497 e. The first-order valence-corrected chi connectivity index (χ1v) is 8.07. The quantitative estimate of drug-likeness (QED) is 0.674. The van der Waals surface area contributed by atoms with Gasteiger partial charge in [0.15, 0.2) is 0 Å². The minimum absolute atomic E-state index is 0. The lowest BCUT2D eigenvalue weighted by Crippen LogP contribution is -2.41. The molecule has 2 rings (SSSR count). The Balaban J connectivity index is 0.00000312. The van der Waals surface area contributed by atoms with E-state index in [1.807, 2.05) is 7.05 Å². The summed E-state index contributed by atoms with van der Waals surface area (Å²) in [5, 5.41) is 5.82. The molecule has 0 bridgehead atoms. The molecule has 1 saturated heterocycles. The van der Waals surface area contributed by atoms with Gasteiger partial charge in [0.25, 0.3) is 0 Å². The Hall–Kier alpha value is -1.99. The molecule has 0 aliphatic carbocycles. The predicted octanol–water partition coefficient (Wildman–Crippen LogP) is 1.35. The Labute approximate surface area is 154 Å². The number of rotatable bonds is 8. The van der Waals surface area contributed by atoms with Gasteiger partial charge in [-0.1, -0.05) is 0 Å². The fourth-order valence-electron chi connectivity index (χ4n) is 2.71. The number of nitrogens with zero attached hydrogens (tertiary/aromatic N) is 1. The number of carbonyl (C=O) groups is 2. The van der Waals surface area contributed by atoms with Crippen LogP contribution in [0.4, 0.5) is 5.69 Å². The van der Waals surface area contributed by atoms with Gasteiger partial charge in [-0.2, -0.15) is 0 Å². The van der Waals surface area contributed by atoms with Gasteiger partial charge in [0.05, 0.1) is 19.9 Å². The summed E-state index contributed by atoms with van der Waals surface area (Å²) in [7, 11) is 4.98. The van der Waals surface area contributed by atoms with Crippen molar-refractivity contribution >= 4 is 29.9 Å². The van der Waals surface area contributed by atoms with Crippen LogP contribution in [0.5, 0.6) is 11.5 Å². The maximum Gasteiger partial charge on any atom is 0.249 e. The summed E-state index contributed by atoms with van der Waals surface area (Å²) >= 11 is 0. The first-order valence-electron chi connectivity index (χ1n) is 8.07. The van der Waals surface area contributed by atoms with E-state index in [2.05, 4.69) is 10.6 Å². The van der Waals surface area contributed by atoms with E-state index in [-0.39, 0.29) is 24.2 Å². The van der Waals surface area contributed by atoms with Crippen LogP contribution in [-0.4, -0.2) is 52.2 Å². The van der Waals surface area contributed by atoms with E-state index < -0.39 is 6.04 Å². The van der Waals surface area contributed by atoms with Crippen molar-refractivity contribution in [2.24, 2.45) is 0 Å². The van der Waals surface area contributed by atoms with Gasteiger partial charge in [0.1, 0.15) is 17.5 Å².